The second kappa shape index (κ2) is 6.93. The smallest absolute Gasteiger partial charge is 0.311 e. The molecule has 0 aromatic carbocycles. The summed E-state index contributed by atoms with van der Waals surface area (Å²) in [5, 5.41) is 5.12. The van der Waals surface area contributed by atoms with Crippen molar-refractivity contribution < 1.29 is 14.3 Å². The fourth-order valence-corrected chi connectivity index (χ4v) is 2.51. The van der Waals surface area contributed by atoms with E-state index in [1.165, 1.54) is 17.4 Å². The zero-order chi connectivity index (χ0) is 15.4. The van der Waals surface area contributed by atoms with Gasteiger partial charge in [-0.05, 0) is 13.0 Å². The first-order chi connectivity index (χ1) is 9.99. The normalized spacial score (nSPS) is 10.4. The molecule has 6 nitrogen and oxygen atoms in total. The number of ether oxygens (including phenoxy) is 1. The molecule has 1 amide bonds. The van der Waals surface area contributed by atoms with Crippen molar-refractivity contribution in [3.05, 3.63) is 33.0 Å². The van der Waals surface area contributed by atoms with Crippen LogP contribution < -0.4 is 5.32 Å². The number of aromatic nitrogens is 2. The van der Waals surface area contributed by atoms with Crippen LogP contribution in [0.1, 0.15) is 23.1 Å². The second-order valence-electron chi connectivity index (χ2n) is 3.92. The number of rotatable bonds is 5. The topological polar surface area (TPSA) is 84.1 Å². The lowest BCUT2D eigenvalue weighted by atomic mass is 10.3. The van der Waals surface area contributed by atoms with Gasteiger partial charge in [-0.3, -0.25) is 14.9 Å². The van der Waals surface area contributed by atoms with Gasteiger partial charge in [-0.25, -0.2) is 4.98 Å². The number of halogens is 2. The summed E-state index contributed by atoms with van der Waals surface area (Å²) in [6, 6.07) is 1.42. The fraction of sp³-hybridized carbons (Fsp3) is 0.250. The zero-order valence-electron chi connectivity index (χ0n) is 10.9. The van der Waals surface area contributed by atoms with Gasteiger partial charge in [-0.1, -0.05) is 23.2 Å². The maximum atomic E-state index is 11.9. The molecule has 21 heavy (non-hydrogen) atoms. The van der Waals surface area contributed by atoms with Crippen molar-refractivity contribution in [3.63, 3.8) is 0 Å². The summed E-state index contributed by atoms with van der Waals surface area (Å²) < 4.78 is 4.83. The van der Waals surface area contributed by atoms with Crippen LogP contribution in [0.5, 0.6) is 0 Å². The van der Waals surface area contributed by atoms with Crippen LogP contribution in [0, 0.1) is 0 Å². The Morgan fingerprint density at radius 2 is 2.24 bits per heavy atom. The van der Waals surface area contributed by atoms with Gasteiger partial charge in [0.25, 0.3) is 5.91 Å². The first-order valence-electron chi connectivity index (χ1n) is 5.95. The number of thiazole rings is 1. The van der Waals surface area contributed by atoms with E-state index in [0.717, 1.165) is 0 Å². The first-order valence-corrected chi connectivity index (χ1v) is 7.58. The number of anilines is 1. The minimum atomic E-state index is -0.416. The maximum absolute atomic E-state index is 11.9. The van der Waals surface area contributed by atoms with Gasteiger partial charge in [0, 0.05) is 5.38 Å². The number of H-pyrrole nitrogens is 1. The Bertz CT molecular complexity index is 649. The van der Waals surface area contributed by atoms with Gasteiger partial charge < -0.3 is 9.72 Å². The Kier molecular flexibility index (Phi) is 5.22. The van der Waals surface area contributed by atoms with Crippen molar-refractivity contribution in [2.24, 2.45) is 0 Å². The van der Waals surface area contributed by atoms with Crippen molar-refractivity contribution in [1.29, 1.82) is 0 Å². The van der Waals surface area contributed by atoms with Gasteiger partial charge in [0.05, 0.1) is 23.7 Å². The predicted molar refractivity (Wildman–Crippen MR) is 81.2 cm³/mol. The van der Waals surface area contributed by atoms with E-state index in [2.05, 4.69) is 15.3 Å². The van der Waals surface area contributed by atoms with Gasteiger partial charge in [0.15, 0.2) is 5.13 Å². The van der Waals surface area contributed by atoms with E-state index in [-0.39, 0.29) is 28.3 Å². The van der Waals surface area contributed by atoms with Gasteiger partial charge >= 0.3 is 5.97 Å². The third kappa shape index (κ3) is 4.20. The third-order valence-corrected chi connectivity index (χ3v) is 3.87. The SMILES string of the molecule is CCOC(=O)Cc1csc(NC(=O)c2cc(Cl)c(Cl)[nH]2)n1. The molecule has 2 aromatic rings. The van der Waals surface area contributed by atoms with E-state index in [1.54, 1.807) is 12.3 Å². The van der Waals surface area contributed by atoms with E-state index in [4.69, 9.17) is 27.9 Å². The molecule has 2 N–H and O–H groups in total. The van der Waals surface area contributed by atoms with Gasteiger partial charge in [0.1, 0.15) is 10.8 Å². The molecule has 0 saturated heterocycles. The Labute approximate surface area is 134 Å². The van der Waals surface area contributed by atoms with E-state index in [0.29, 0.717) is 17.4 Å². The molecule has 0 aliphatic carbocycles. The van der Waals surface area contributed by atoms with E-state index in [1.807, 2.05) is 0 Å². The van der Waals surface area contributed by atoms with Crippen molar-refractivity contribution in [3.8, 4) is 0 Å². The lowest BCUT2D eigenvalue weighted by Gasteiger charge is -1.99. The Hall–Kier alpha value is -1.57. The number of nitrogens with one attached hydrogen (secondary N) is 2. The molecule has 0 aliphatic heterocycles. The quantitative estimate of drug-likeness (QED) is 0.813. The van der Waals surface area contributed by atoms with Crippen LogP contribution in [0.15, 0.2) is 11.4 Å². The number of hydrogen-bond acceptors (Lipinski definition) is 5. The van der Waals surface area contributed by atoms with E-state index < -0.39 is 5.91 Å². The molecule has 0 saturated carbocycles. The lowest BCUT2D eigenvalue weighted by Crippen LogP contribution is -2.12. The summed E-state index contributed by atoms with van der Waals surface area (Å²) in [5.74, 6) is -0.774. The van der Waals surface area contributed by atoms with Crippen LogP contribution in [-0.4, -0.2) is 28.5 Å². The largest absolute Gasteiger partial charge is 0.466 e. The first kappa shape index (κ1) is 15.8. The summed E-state index contributed by atoms with van der Waals surface area (Å²) in [6.07, 6.45) is 0.0698. The van der Waals surface area contributed by atoms with Crippen LogP contribution in [0.25, 0.3) is 0 Å². The number of carbonyl (C=O) groups excluding carboxylic acids is 2. The average molecular weight is 348 g/mol. The van der Waals surface area contributed by atoms with Crippen molar-refractivity contribution in [2.45, 2.75) is 13.3 Å². The standard InChI is InChI=1S/C12H11Cl2N3O3S/c1-2-20-9(18)3-6-5-21-12(15-6)17-11(19)8-4-7(13)10(14)16-8/h4-5,16H,2-3H2,1H3,(H,15,17,19). The number of amides is 1. The zero-order valence-corrected chi connectivity index (χ0v) is 13.2. The molecular weight excluding hydrogens is 337 g/mol. The number of esters is 1. The Morgan fingerprint density at radius 1 is 1.48 bits per heavy atom. The molecule has 2 heterocycles. The highest BCUT2D eigenvalue weighted by Crippen LogP contribution is 2.23. The molecule has 2 aromatic heterocycles. The highest BCUT2D eigenvalue weighted by Gasteiger charge is 2.14. The fourth-order valence-electron chi connectivity index (χ4n) is 1.50. The number of hydrogen-bond donors (Lipinski definition) is 2. The molecule has 0 radical (unpaired) electrons. The monoisotopic (exact) mass is 347 g/mol. The van der Waals surface area contributed by atoms with E-state index in [9.17, 15) is 9.59 Å². The predicted octanol–water partition coefficient (Wildman–Crippen LogP) is 3.14. The highest BCUT2D eigenvalue weighted by molar-refractivity contribution is 7.14. The molecule has 112 valence electrons. The second-order valence-corrected chi connectivity index (χ2v) is 5.57. The van der Waals surface area contributed by atoms with Crippen LogP contribution >= 0.6 is 34.5 Å². The van der Waals surface area contributed by atoms with E-state index >= 15 is 0 Å². The van der Waals surface area contributed by atoms with Crippen LogP contribution in [0.3, 0.4) is 0 Å². The van der Waals surface area contributed by atoms with Gasteiger partial charge in [0.2, 0.25) is 0 Å². The Balaban J connectivity index is 1.99. The third-order valence-electron chi connectivity index (χ3n) is 2.37. The number of nitrogens with zero attached hydrogens (tertiary/aromatic N) is 1. The van der Waals surface area contributed by atoms with Gasteiger partial charge in [-0.2, -0.15) is 0 Å². The highest BCUT2D eigenvalue weighted by atomic mass is 35.5. The summed E-state index contributed by atoms with van der Waals surface area (Å²) in [5.41, 5.74) is 0.767. The molecule has 0 unspecified atom stereocenters. The summed E-state index contributed by atoms with van der Waals surface area (Å²) in [7, 11) is 0. The molecule has 0 fully saturated rings. The van der Waals surface area contributed by atoms with Crippen molar-refractivity contribution in [1.82, 2.24) is 9.97 Å². The molecule has 0 atom stereocenters. The molecule has 0 spiro atoms. The summed E-state index contributed by atoms with van der Waals surface area (Å²) >= 11 is 12.7. The molecule has 9 heteroatoms. The van der Waals surface area contributed by atoms with Crippen LogP contribution in [0.2, 0.25) is 10.2 Å². The molecule has 0 bridgehead atoms. The Morgan fingerprint density at radius 3 is 2.86 bits per heavy atom. The number of aromatic amines is 1. The van der Waals surface area contributed by atoms with Crippen molar-refractivity contribution in [2.75, 3.05) is 11.9 Å². The summed E-state index contributed by atoms with van der Waals surface area (Å²) in [6.45, 7) is 2.05. The lowest BCUT2D eigenvalue weighted by molar-refractivity contribution is -0.142. The van der Waals surface area contributed by atoms with Crippen LogP contribution in [0.4, 0.5) is 5.13 Å². The molecule has 0 aliphatic rings. The van der Waals surface area contributed by atoms with Crippen LogP contribution in [-0.2, 0) is 16.0 Å². The average Bonchev–Trinajstić information content (AvgIpc) is 2.98. The molecule has 2 rings (SSSR count). The van der Waals surface area contributed by atoms with Crippen molar-refractivity contribution >= 4 is 51.5 Å². The maximum Gasteiger partial charge on any atom is 0.311 e. The summed E-state index contributed by atoms with van der Waals surface area (Å²) in [4.78, 5) is 30.0. The number of carbonyl (C=O) groups is 2. The molecular formula is C12H11Cl2N3O3S. The minimum Gasteiger partial charge on any atom is -0.466 e. The minimum absolute atomic E-state index is 0.0698. The van der Waals surface area contributed by atoms with Gasteiger partial charge in [-0.15, -0.1) is 11.3 Å².